The number of nitrogens with zero attached hydrogens (tertiary/aromatic N) is 6. The summed E-state index contributed by atoms with van der Waals surface area (Å²) in [5, 5.41) is 30.1. The third kappa shape index (κ3) is 39.2. The van der Waals surface area contributed by atoms with Crippen LogP contribution in [0.4, 0.5) is 11.4 Å². The molecule has 680 valence electrons. The van der Waals surface area contributed by atoms with Crippen LogP contribution in [0.2, 0.25) is 0 Å². The maximum atomic E-state index is 11.1. The van der Waals surface area contributed by atoms with Crippen molar-refractivity contribution in [3.05, 3.63) is 138 Å². The summed E-state index contributed by atoms with van der Waals surface area (Å²) in [5.74, 6) is -2.27. The summed E-state index contributed by atoms with van der Waals surface area (Å²) in [6.07, 6.45) is 8.42. The standard InChI is InChI=1S/C16H20N2O5S.C15H19BrN2O3S.C15H19N3O5S.C15H21N3O3S.C6H15NO3S.2C4H11NO3S/c19-16(20)11-3-4-14-13(9-11)12-5-7-18(10-15(12)17-14)6-1-2-8-24(21,22)23;16-11-3-4-14-13(9-11)12-5-7-18(10-15(12)17-14)6-1-2-8-22(19,20)21;19-18(20)11-3-4-14-13(9-11)12-5-7-17(10-15(12)16-14)6-1-2-8-24(21,22)23;16-11-3-4-14-13(9-11)12-5-7-18(10-15(12)17-14)6-1-2-8-22(19,20)21;1-6(2,3)7-4-5-11(8,9)10;1-5(2)3-4-9(6,7)8;1-2-5-3-4-9(6,7)8/h3-4,9,17H,1-2,5-8,10H2,(H,19,20)(H,21,22,23);3-4,9,17H,1-2,5-8,10H2,(H,19,20,21);3-4,9,16H,1-2,5-8,10H2,(H,21,22,23);3-4,9,17H,1-2,5-8,10,16H2,(H,19,20,21);7H,4-5H2,1-3H3,(H,8,9,10);3-4H2,1-2H3,(H,6,7,8);5H,2-4H2,1H3,(H,6,7,8). The maximum absolute atomic E-state index is 11.1. The minimum atomic E-state index is -3.88. The first-order valence-electron chi connectivity index (χ1n) is 39.2. The molecule has 4 aromatic heterocycles. The minimum absolute atomic E-state index is 0.0944. The number of nitrogen functional groups attached to an aromatic ring is 1. The van der Waals surface area contributed by atoms with Crippen molar-refractivity contribution in [1.82, 2.24) is 55.1 Å². The molecule has 0 fully saturated rings. The molecule has 0 amide bonds. The molecule has 4 aliphatic heterocycles. The Morgan fingerprint density at radius 2 is 0.793 bits per heavy atom. The van der Waals surface area contributed by atoms with Gasteiger partial charge in [0.15, 0.2) is 0 Å². The van der Waals surface area contributed by atoms with E-state index in [2.05, 4.69) is 78.2 Å². The van der Waals surface area contributed by atoms with Crippen LogP contribution in [0.1, 0.15) is 134 Å². The lowest BCUT2D eigenvalue weighted by molar-refractivity contribution is -0.384. The Morgan fingerprint density at radius 1 is 0.471 bits per heavy atom. The van der Waals surface area contributed by atoms with Gasteiger partial charge in [-0.05, 0) is 228 Å². The molecule has 4 aliphatic rings. The van der Waals surface area contributed by atoms with Gasteiger partial charge in [-0.25, -0.2) is 4.79 Å². The zero-order valence-electron chi connectivity index (χ0n) is 68.7. The summed E-state index contributed by atoms with van der Waals surface area (Å²) in [5.41, 5.74) is 20.7. The second kappa shape index (κ2) is 46.5. The van der Waals surface area contributed by atoms with Crippen molar-refractivity contribution in [3.8, 4) is 0 Å². The molecule has 38 nitrogen and oxygen atoms in total. The zero-order chi connectivity index (χ0) is 90.1. The van der Waals surface area contributed by atoms with E-state index in [-0.39, 0.29) is 68.5 Å². The summed E-state index contributed by atoms with van der Waals surface area (Å²) in [6, 6.07) is 22.2. The molecule has 0 aliphatic carbocycles. The van der Waals surface area contributed by atoms with E-state index in [1.165, 1.54) is 50.4 Å². The topological polar surface area (TPSA) is 590 Å². The molecule has 0 radical (unpaired) electrons. The Kier molecular flexibility index (Phi) is 39.6. The normalized spacial score (nSPS) is 15.0. The quantitative estimate of drug-likeness (QED) is 0.00626. The zero-order valence-corrected chi connectivity index (χ0v) is 76.0. The number of rotatable bonds is 32. The number of nitrogens with one attached hydrogen (secondary N) is 6. The largest absolute Gasteiger partial charge is 0.478 e. The highest BCUT2D eigenvalue weighted by Crippen LogP contribution is 2.34. The van der Waals surface area contributed by atoms with E-state index in [1.54, 1.807) is 49.3 Å². The van der Waals surface area contributed by atoms with E-state index in [9.17, 15) is 73.8 Å². The van der Waals surface area contributed by atoms with E-state index in [1.807, 2.05) is 52.0 Å². The van der Waals surface area contributed by atoms with Crippen molar-refractivity contribution in [2.45, 2.75) is 136 Å². The average Bonchev–Trinajstić information content (AvgIpc) is 1.62. The van der Waals surface area contributed by atoms with Crippen LogP contribution in [0.3, 0.4) is 0 Å². The van der Waals surface area contributed by atoms with Gasteiger partial charge >= 0.3 is 5.97 Å². The van der Waals surface area contributed by atoms with E-state index in [4.69, 9.17) is 42.7 Å². The van der Waals surface area contributed by atoms with Gasteiger partial charge in [-0.1, -0.05) is 22.9 Å². The molecule has 0 saturated heterocycles. The number of non-ortho nitro benzene ring substituents is 1. The molecule has 8 heterocycles. The summed E-state index contributed by atoms with van der Waals surface area (Å²) in [7, 11) is -23.3. The van der Waals surface area contributed by atoms with Gasteiger partial charge in [-0.15, -0.1) is 0 Å². The Hall–Kier alpha value is -6.72. The van der Waals surface area contributed by atoms with Crippen LogP contribution in [0.15, 0.2) is 77.3 Å². The van der Waals surface area contributed by atoms with E-state index >= 15 is 0 Å². The van der Waals surface area contributed by atoms with Crippen LogP contribution in [-0.4, -0.2) is 290 Å². The van der Waals surface area contributed by atoms with Crippen LogP contribution in [0.5, 0.6) is 0 Å². The van der Waals surface area contributed by atoms with Crippen LogP contribution >= 0.6 is 15.9 Å². The van der Waals surface area contributed by atoms with Crippen LogP contribution in [0.25, 0.3) is 43.6 Å². The number of carboxylic acid groups (broad SMARTS) is 1. The van der Waals surface area contributed by atoms with Crippen molar-refractivity contribution in [2.75, 3.05) is 139 Å². The maximum Gasteiger partial charge on any atom is 0.335 e. The summed E-state index contributed by atoms with van der Waals surface area (Å²) < 4.78 is 207. The first-order chi connectivity index (χ1) is 56.2. The average molecular weight is 1900 g/mol. The summed E-state index contributed by atoms with van der Waals surface area (Å²) in [4.78, 5) is 46.1. The lowest BCUT2D eigenvalue weighted by atomic mass is 10.0. The summed E-state index contributed by atoms with van der Waals surface area (Å²) in [6.45, 7) is 19.3. The number of nitrogens with two attached hydrogens (primary N) is 1. The molecule has 0 saturated carbocycles. The van der Waals surface area contributed by atoms with Gasteiger partial charge in [0.25, 0.3) is 76.5 Å². The third-order valence-corrected chi connectivity index (χ3v) is 25.6. The van der Waals surface area contributed by atoms with Gasteiger partial charge in [0.1, 0.15) is 0 Å². The number of aromatic carboxylic acids is 1. The smallest absolute Gasteiger partial charge is 0.335 e. The molecular formula is C75H116BrN13O25S7. The van der Waals surface area contributed by atoms with Gasteiger partial charge in [0, 0.05) is 166 Å². The summed E-state index contributed by atoms with van der Waals surface area (Å²) >= 11 is 3.52. The third-order valence-electron chi connectivity index (χ3n) is 19.7. The number of hydrogen-bond donors (Lipinski definition) is 15. The lowest BCUT2D eigenvalue weighted by Crippen LogP contribution is -2.38. The number of halogens is 1. The van der Waals surface area contributed by atoms with Crippen molar-refractivity contribution in [1.29, 1.82) is 0 Å². The van der Waals surface area contributed by atoms with Gasteiger partial charge in [0.2, 0.25) is 0 Å². The first kappa shape index (κ1) is 103. The Labute approximate surface area is 716 Å². The highest BCUT2D eigenvalue weighted by molar-refractivity contribution is 9.10. The fourth-order valence-corrected chi connectivity index (χ4v) is 17.9. The fraction of sp³-hybridized carbons (Fsp3) is 0.560. The SMILES string of the molecule is CC(C)(C)NCCS(=O)(=O)O.CCNCCS(=O)(=O)O.CN(C)CCS(=O)(=O)O.Nc1ccc2[nH]c3c(c2c1)CCN(CCCCS(=O)(=O)O)C3.O=C(O)c1ccc2[nH]c3c(c2c1)CCN(CCCCS(=O)(=O)O)C3.O=S(=O)(O)CCCCN1CCc2c([nH]c3ccc(Br)cc23)C1.O=[N+]([O-])c1ccc2[nH]c3c(c2c1)CCN(CCCCS(=O)(=O)O)C3. The Morgan fingerprint density at radius 3 is 1.12 bits per heavy atom. The molecule has 121 heavy (non-hydrogen) atoms. The Balaban J connectivity index is 0.000000226. The number of fused-ring (bicyclic) bond motifs is 12. The number of H-pyrrole nitrogens is 4. The molecule has 12 rings (SSSR count). The van der Waals surface area contributed by atoms with Gasteiger partial charge < -0.3 is 46.3 Å². The van der Waals surface area contributed by atoms with Crippen LogP contribution in [0, 0.1) is 10.1 Å². The molecule has 4 aromatic carbocycles. The van der Waals surface area contributed by atoms with Crippen molar-refractivity contribution in [3.63, 3.8) is 0 Å². The highest BCUT2D eigenvalue weighted by Gasteiger charge is 2.27. The predicted molar refractivity (Wildman–Crippen MR) is 472 cm³/mol. The molecule has 46 heteroatoms. The molecule has 0 bridgehead atoms. The molecule has 0 unspecified atom stereocenters. The Bertz CT molecular complexity index is 5350. The lowest BCUT2D eigenvalue weighted by Gasteiger charge is -2.26. The number of carbonyl (C=O) groups is 1. The number of aromatic nitrogens is 4. The van der Waals surface area contributed by atoms with Gasteiger partial charge in [0.05, 0.1) is 50.8 Å². The van der Waals surface area contributed by atoms with Crippen LogP contribution in [-0.2, 0) is 123 Å². The highest BCUT2D eigenvalue weighted by atomic mass is 79.9. The van der Waals surface area contributed by atoms with Gasteiger partial charge in [-0.2, -0.15) is 58.9 Å². The predicted octanol–water partition coefficient (Wildman–Crippen LogP) is 7.91. The number of aromatic amines is 4. The monoisotopic (exact) mass is 1900 g/mol. The number of anilines is 1. The van der Waals surface area contributed by atoms with E-state index in [0.29, 0.717) is 58.2 Å². The molecule has 0 atom stereocenters. The number of benzene rings is 4. The second-order valence-corrected chi connectivity index (χ2v) is 43.1. The number of nitro groups is 1. The second-order valence-electron chi connectivity index (χ2n) is 31.1. The molecular weight excluding hydrogens is 1790 g/mol. The molecule has 8 aromatic rings. The molecule has 0 spiro atoms. The first-order valence-corrected chi connectivity index (χ1v) is 51.2. The fourth-order valence-electron chi connectivity index (χ4n) is 13.9. The van der Waals surface area contributed by atoms with Crippen molar-refractivity contribution in [2.24, 2.45) is 0 Å². The number of unbranched alkanes of at least 4 members (excludes halogenated alkanes) is 4. The number of carboxylic acids is 1. The molecule has 16 N–H and O–H groups in total. The van der Waals surface area contributed by atoms with Crippen molar-refractivity contribution < 1.29 is 106 Å². The number of nitro benzene ring substituents is 1. The van der Waals surface area contributed by atoms with Crippen molar-refractivity contribution >= 4 is 148 Å². The van der Waals surface area contributed by atoms with E-state index < -0.39 is 76.8 Å². The van der Waals surface area contributed by atoms with E-state index in [0.717, 1.165) is 171 Å². The minimum Gasteiger partial charge on any atom is -0.478 e. The van der Waals surface area contributed by atoms with Gasteiger partial charge in [-0.3, -0.25) is 61.6 Å². The van der Waals surface area contributed by atoms with Crippen LogP contribution < -0.4 is 16.4 Å². The number of hydrogen-bond acceptors (Lipinski definition) is 25.